The molecule has 3 amide bonds. The Balaban J connectivity index is 1.43. The van der Waals surface area contributed by atoms with Crippen LogP contribution in [0, 0.1) is 12.8 Å². The van der Waals surface area contributed by atoms with Crippen molar-refractivity contribution in [3.8, 4) is 10.4 Å². The Morgan fingerprint density at radius 1 is 1.17 bits per heavy atom. The van der Waals surface area contributed by atoms with Crippen molar-refractivity contribution < 1.29 is 23.9 Å². The number of aromatic nitrogens is 1. The van der Waals surface area contributed by atoms with E-state index in [1.165, 1.54) is 4.90 Å². The van der Waals surface area contributed by atoms with Gasteiger partial charge in [-0.15, -0.1) is 11.3 Å². The van der Waals surface area contributed by atoms with Crippen molar-refractivity contribution in [2.75, 3.05) is 6.54 Å². The molecule has 3 N–H and O–H groups in total. The molecule has 0 unspecified atom stereocenters. The molecule has 1 aromatic carbocycles. The molecular weight excluding hydrogens is 483 g/mol. The largest absolute Gasteiger partial charge is 0.391 e. The van der Waals surface area contributed by atoms with E-state index < -0.39 is 35.7 Å². The SMILES string of the molecule is Cc1ncsc1-c1ccc([C@H](C)NC(=O)[C@@H]2C[C@@H](O)CN2C(=O)[C@@H](NC(=O)C2(F)CC2)C(C)C)cc1. The Kier molecular flexibility index (Phi) is 7.47. The van der Waals surface area contributed by atoms with Crippen LogP contribution < -0.4 is 10.6 Å². The highest BCUT2D eigenvalue weighted by molar-refractivity contribution is 7.13. The fourth-order valence-corrected chi connectivity index (χ4v) is 5.31. The highest BCUT2D eigenvalue weighted by Gasteiger charge is 2.52. The van der Waals surface area contributed by atoms with E-state index >= 15 is 0 Å². The van der Waals surface area contributed by atoms with Gasteiger partial charge in [-0.2, -0.15) is 0 Å². The number of benzene rings is 1. The second kappa shape index (κ2) is 10.3. The molecule has 10 heteroatoms. The molecular formula is C26H33FN4O4S. The molecule has 1 aliphatic carbocycles. The average molecular weight is 517 g/mol. The topological polar surface area (TPSA) is 112 Å². The van der Waals surface area contributed by atoms with Crippen molar-refractivity contribution in [1.82, 2.24) is 20.5 Å². The number of aryl methyl sites for hydroxylation is 1. The molecule has 1 saturated carbocycles. The van der Waals surface area contributed by atoms with E-state index in [2.05, 4.69) is 15.6 Å². The summed E-state index contributed by atoms with van der Waals surface area (Å²) in [5.41, 5.74) is 2.82. The van der Waals surface area contributed by atoms with Crippen molar-refractivity contribution in [2.45, 2.75) is 76.9 Å². The lowest BCUT2D eigenvalue weighted by Crippen LogP contribution is -2.56. The lowest BCUT2D eigenvalue weighted by molar-refractivity contribution is -0.143. The zero-order valence-corrected chi connectivity index (χ0v) is 21.8. The summed E-state index contributed by atoms with van der Waals surface area (Å²) in [6.07, 6.45) is -0.469. The minimum atomic E-state index is -1.90. The fourth-order valence-electron chi connectivity index (χ4n) is 4.50. The normalized spacial score (nSPS) is 22.2. The summed E-state index contributed by atoms with van der Waals surface area (Å²) in [5.74, 6) is -1.98. The first-order chi connectivity index (χ1) is 17.0. The zero-order valence-electron chi connectivity index (χ0n) is 21.0. The molecule has 194 valence electrons. The Labute approximate surface area is 214 Å². The van der Waals surface area contributed by atoms with Crippen molar-refractivity contribution in [3.05, 3.63) is 41.0 Å². The number of thiazole rings is 1. The molecule has 8 nitrogen and oxygen atoms in total. The van der Waals surface area contributed by atoms with Gasteiger partial charge in [-0.3, -0.25) is 14.4 Å². The first kappa shape index (κ1) is 26.2. The zero-order chi connectivity index (χ0) is 26.2. The van der Waals surface area contributed by atoms with Crippen LogP contribution in [-0.4, -0.2) is 63.1 Å². The van der Waals surface area contributed by atoms with Crippen molar-refractivity contribution in [1.29, 1.82) is 0 Å². The predicted molar refractivity (Wildman–Crippen MR) is 135 cm³/mol. The first-order valence-electron chi connectivity index (χ1n) is 12.3. The maximum Gasteiger partial charge on any atom is 0.258 e. The summed E-state index contributed by atoms with van der Waals surface area (Å²) in [6, 6.07) is 5.67. The molecule has 1 aromatic heterocycles. The van der Waals surface area contributed by atoms with Gasteiger partial charge in [-0.1, -0.05) is 38.1 Å². The van der Waals surface area contributed by atoms with Crippen LogP contribution in [-0.2, 0) is 14.4 Å². The van der Waals surface area contributed by atoms with E-state index in [-0.39, 0.29) is 43.7 Å². The van der Waals surface area contributed by atoms with Gasteiger partial charge >= 0.3 is 0 Å². The average Bonchev–Trinajstić information content (AvgIpc) is 3.25. The number of aliphatic hydroxyl groups is 1. The van der Waals surface area contributed by atoms with Crippen LogP contribution in [0.2, 0.25) is 0 Å². The predicted octanol–water partition coefficient (Wildman–Crippen LogP) is 2.90. The van der Waals surface area contributed by atoms with E-state index in [0.29, 0.717) is 0 Å². The Morgan fingerprint density at radius 3 is 2.39 bits per heavy atom. The van der Waals surface area contributed by atoms with Crippen LogP contribution in [0.5, 0.6) is 0 Å². The Hall–Kier alpha value is -2.85. The van der Waals surface area contributed by atoms with E-state index in [1.54, 1.807) is 30.7 Å². The minimum absolute atomic E-state index is 0.0198. The van der Waals surface area contributed by atoms with Crippen molar-refractivity contribution in [3.63, 3.8) is 0 Å². The van der Waals surface area contributed by atoms with E-state index in [0.717, 1.165) is 21.7 Å². The molecule has 2 heterocycles. The smallest absolute Gasteiger partial charge is 0.258 e. The Bertz CT molecular complexity index is 1130. The number of hydrogen-bond donors (Lipinski definition) is 3. The van der Waals surface area contributed by atoms with Gasteiger partial charge in [0.2, 0.25) is 11.8 Å². The highest BCUT2D eigenvalue weighted by atomic mass is 32.1. The van der Waals surface area contributed by atoms with Crippen LogP contribution in [0.1, 0.15) is 57.3 Å². The standard InChI is InChI=1S/C26H33FN4O4S/c1-14(2)21(30-25(35)26(27)9-10-26)24(34)31-12-19(32)11-20(31)23(33)29-15(3)17-5-7-18(8-6-17)22-16(4)28-13-36-22/h5-8,13-15,19-21,32H,9-12H2,1-4H3,(H,29,33)(H,30,35)/t15-,19+,20-,21-/m0/s1. The third kappa shape index (κ3) is 5.44. The molecule has 4 rings (SSSR count). The number of carbonyl (C=O) groups excluding carboxylic acids is 3. The summed E-state index contributed by atoms with van der Waals surface area (Å²) < 4.78 is 14.2. The van der Waals surface area contributed by atoms with Crippen LogP contribution in [0.15, 0.2) is 29.8 Å². The maximum absolute atomic E-state index is 14.2. The molecule has 1 saturated heterocycles. The second-order valence-corrected chi connectivity index (χ2v) is 11.0. The van der Waals surface area contributed by atoms with E-state index in [9.17, 15) is 23.9 Å². The summed E-state index contributed by atoms with van der Waals surface area (Å²) >= 11 is 1.57. The van der Waals surface area contributed by atoms with Gasteiger partial charge in [0.05, 0.1) is 28.2 Å². The van der Waals surface area contributed by atoms with Gasteiger partial charge in [0.25, 0.3) is 5.91 Å². The Morgan fingerprint density at radius 2 is 1.83 bits per heavy atom. The first-order valence-corrected chi connectivity index (χ1v) is 13.2. The fraction of sp³-hybridized carbons (Fsp3) is 0.538. The third-order valence-electron chi connectivity index (χ3n) is 6.96. The number of amides is 3. The van der Waals surface area contributed by atoms with E-state index in [1.807, 2.05) is 38.1 Å². The summed E-state index contributed by atoms with van der Waals surface area (Å²) in [7, 11) is 0. The number of nitrogens with one attached hydrogen (secondary N) is 2. The molecule has 1 aliphatic heterocycles. The van der Waals surface area contributed by atoms with Gasteiger partial charge in [0.15, 0.2) is 5.67 Å². The number of alkyl halides is 1. The molecule has 2 fully saturated rings. The molecule has 36 heavy (non-hydrogen) atoms. The number of aliphatic hydroxyl groups excluding tert-OH is 1. The molecule has 0 spiro atoms. The van der Waals surface area contributed by atoms with Crippen molar-refractivity contribution >= 4 is 29.1 Å². The number of carbonyl (C=O) groups is 3. The lowest BCUT2D eigenvalue weighted by atomic mass is 10.0. The molecule has 4 atom stereocenters. The monoisotopic (exact) mass is 516 g/mol. The molecule has 0 bridgehead atoms. The van der Waals surface area contributed by atoms with Crippen molar-refractivity contribution in [2.24, 2.45) is 5.92 Å². The number of rotatable bonds is 8. The van der Waals surface area contributed by atoms with Crippen LogP contribution in [0.25, 0.3) is 10.4 Å². The maximum atomic E-state index is 14.2. The van der Waals surface area contributed by atoms with Gasteiger partial charge in [-0.05, 0) is 43.7 Å². The summed E-state index contributed by atoms with van der Waals surface area (Å²) in [6.45, 7) is 7.30. The number of likely N-dealkylation sites (tertiary alicyclic amines) is 1. The quantitative estimate of drug-likeness (QED) is 0.500. The van der Waals surface area contributed by atoms with Crippen LogP contribution >= 0.6 is 11.3 Å². The van der Waals surface area contributed by atoms with Gasteiger partial charge in [0, 0.05) is 13.0 Å². The molecule has 2 aromatic rings. The lowest BCUT2D eigenvalue weighted by Gasteiger charge is -2.31. The van der Waals surface area contributed by atoms with Gasteiger partial charge in [-0.25, -0.2) is 9.37 Å². The van der Waals surface area contributed by atoms with Crippen LogP contribution in [0.4, 0.5) is 4.39 Å². The van der Waals surface area contributed by atoms with E-state index in [4.69, 9.17) is 0 Å². The number of β-amino-alcohol motifs (C(OH)–C–C–N with tert-alkyl or cyclic N) is 1. The second-order valence-electron chi connectivity index (χ2n) is 10.2. The van der Waals surface area contributed by atoms with Gasteiger partial charge < -0.3 is 20.6 Å². The summed E-state index contributed by atoms with van der Waals surface area (Å²) in [4.78, 5) is 45.5. The minimum Gasteiger partial charge on any atom is -0.391 e. The third-order valence-corrected chi connectivity index (χ3v) is 7.93. The highest BCUT2D eigenvalue weighted by Crippen LogP contribution is 2.40. The molecule has 2 aliphatic rings. The van der Waals surface area contributed by atoms with Gasteiger partial charge in [0.1, 0.15) is 12.1 Å². The number of hydrogen-bond acceptors (Lipinski definition) is 6. The number of halogens is 1. The molecule has 0 radical (unpaired) electrons. The van der Waals surface area contributed by atoms with Crippen LogP contribution in [0.3, 0.4) is 0 Å². The summed E-state index contributed by atoms with van der Waals surface area (Å²) in [5, 5.41) is 15.8. The number of nitrogens with zero attached hydrogens (tertiary/aromatic N) is 2.